The fraction of sp³-hybridized carbons (Fsp3) is 0.538. The minimum Gasteiger partial charge on any atom is -0.359 e. The van der Waals surface area contributed by atoms with Gasteiger partial charge in [-0.05, 0) is 31.0 Å². The van der Waals surface area contributed by atoms with Crippen molar-refractivity contribution in [2.75, 3.05) is 26.3 Å². The number of methoxy groups -OCH3 is 1. The standard InChI is InChI=1S/C13H20ClNO4S/c1-11(12-4-6-13(14)7-5-12)15-20(16,17)9-3-8-19-10-18-2/h4-7,11,15H,3,8-10H2,1-2H3. The van der Waals surface area contributed by atoms with Crippen LogP contribution in [0.25, 0.3) is 0 Å². The van der Waals surface area contributed by atoms with Crippen LogP contribution in [0.4, 0.5) is 0 Å². The van der Waals surface area contributed by atoms with Crippen LogP contribution in [0.2, 0.25) is 5.02 Å². The summed E-state index contributed by atoms with van der Waals surface area (Å²) in [5.41, 5.74) is 0.869. The van der Waals surface area contributed by atoms with Crippen LogP contribution in [0.5, 0.6) is 0 Å². The third kappa shape index (κ3) is 6.67. The SMILES string of the molecule is COCOCCCS(=O)(=O)NC(C)c1ccc(Cl)cc1. The molecule has 1 aromatic rings. The van der Waals surface area contributed by atoms with Gasteiger partial charge in [-0.15, -0.1) is 0 Å². The summed E-state index contributed by atoms with van der Waals surface area (Å²) in [4.78, 5) is 0. The Kier molecular flexibility index (Phi) is 7.47. The number of rotatable bonds is 9. The van der Waals surface area contributed by atoms with E-state index in [0.29, 0.717) is 18.1 Å². The van der Waals surface area contributed by atoms with Gasteiger partial charge in [-0.25, -0.2) is 13.1 Å². The number of benzene rings is 1. The zero-order valence-corrected chi connectivity index (χ0v) is 13.2. The smallest absolute Gasteiger partial charge is 0.212 e. The molecule has 7 heteroatoms. The minimum absolute atomic E-state index is 0.0225. The third-order valence-corrected chi connectivity index (χ3v) is 4.42. The summed E-state index contributed by atoms with van der Waals surface area (Å²) in [5.74, 6) is 0.0225. The van der Waals surface area contributed by atoms with Crippen LogP contribution in [0.15, 0.2) is 24.3 Å². The molecule has 1 aromatic carbocycles. The van der Waals surface area contributed by atoms with Crippen molar-refractivity contribution in [1.29, 1.82) is 0 Å². The molecule has 0 amide bonds. The molecule has 114 valence electrons. The molecule has 0 fully saturated rings. The maximum Gasteiger partial charge on any atom is 0.212 e. The Morgan fingerprint density at radius 3 is 2.55 bits per heavy atom. The van der Waals surface area contributed by atoms with Crippen LogP contribution in [-0.2, 0) is 19.5 Å². The second-order valence-corrected chi connectivity index (χ2v) is 6.69. The molecule has 0 aliphatic carbocycles. The zero-order chi connectivity index (χ0) is 15.0. The van der Waals surface area contributed by atoms with Gasteiger partial charge in [0.05, 0.1) is 12.4 Å². The van der Waals surface area contributed by atoms with Crippen molar-refractivity contribution in [2.24, 2.45) is 0 Å². The van der Waals surface area contributed by atoms with Crippen molar-refractivity contribution >= 4 is 21.6 Å². The van der Waals surface area contributed by atoms with Gasteiger partial charge in [0.2, 0.25) is 10.0 Å². The molecule has 0 aromatic heterocycles. The zero-order valence-electron chi connectivity index (χ0n) is 11.6. The van der Waals surface area contributed by atoms with Crippen LogP contribution in [0.3, 0.4) is 0 Å². The largest absolute Gasteiger partial charge is 0.359 e. The number of halogens is 1. The minimum atomic E-state index is -3.33. The summed E-state index contributed by atoms with van der Waals surface area (Å²) in [7, 11) is -1.81. The highest BCUT2D eigenvalue weighted by molar-refractivity contribution is 7.89. The van der Waals surface area contributed by atoms with E-state index in [1.807, 2.05) is 0 Å². The van der Waals surface area contributed by atoms with Gasteiger partial charge in [-0.2, -0.15) is 0 Å². The molecule has 1 N–H and O–H groups in total. The van der Waals surface area contributed by atoms with Crippen LogP contribution >= 0.6 is 11.6 Å². The first-order valence-electron chi connectivity index (χ1n) is 6.27. The van der Waals surface area contributed by atoms with E-state index in [4.69, 9.17) is 21.1 Å². The molecule has 1 atom stereocenters. The first kappa shape index (κ1) is 17.4. The van der Waals surface area contributed by atoms with Crippen molar-refractivity contribution in [1.82, 2.24) is 4.72 Å². The van der Waals surface area contributed by atoms with E-state index < -0.39 is 10.0 Å². The lowest BCUT2D eigenvalue weighted by molar-refractivity contribution is -0.0298. The van der Waals surface area contributed by atoms with Crippen LogP contribution in [-0.4, -0.2) is 34.7 Å². The first-order valence-corrected chi connectivity index (χ1v) is 8.30. The molecule has 20 heavy (non-hydrogen) atoms. The Bertz CT molecular complexity index is 490. The van der Waals surface area contributed by atoms with Crippen molar-refractivity contribution in [3.8, 4) is 0 Å². The summed E-state index contributed by atoms with van der Waals surface area (Å²) in [6.07, 6.45) is 0.423. The highest BCUT2D eigenvalue weighted by Gasteiger charge is 2.15. The monoisotopic (exact) mass is 321 g/mol. The molecule has 0 aliphatic rings. The van der Waals surface area contributed by atoms with E-state index in [2.05, 4.69) is 4.72 Å². The molecule has 0 saturated carbocycles. The van der Waals surface area contributed by atoms with E-state index in [-0.39, 0.29) is 18.6 Å². The molecule has 0 radical (unpaired) electrons. The summed E-state index contributed by atoms with van der Waals surface area (Å²) < 4.78 is 36.2. The van der Waals surface area contributed by atoms with Crippen LogP contribution < -0.4 is 4.72 Å². The predicted molar refractivity (Wildman–Crippen MR) is 79.2 cm³/mol. The average molecular weight is 322 g/mol. The number of sulfonamides is 1. The average Bonchev–Trinajstić information content (AvgIpc) is 2.38. The van der Waals surface area contributed by atoms with Crippen molar-refractivity contribution in [3.05, 3.63) is 34.9 Å². The predicted octanol–water partition coefficient (Wildman–Crippen LogP) is 2.33. The Morgan fingerprint density at radius 2 is 1.95 bits per heavy atom. The van der Waals surface area contributed by atoms with Crippen molar-refractivity contribution in [3.63, 3.8) is 0 Å². The number of hydrogen-bond acceptors (Lipinski definition) is 4. The topological polar surface area (TPSA) is 64.6 Å². The maximum absolute atomic E-state index is 11.9. The van der Waals surface area contributed by atoms with Gasteiger partial charge in [0.1, 0.15) is 6.79 Å². The molecule has 0 spiro atoms. The highest BCUT2D eigenvalue weighted by atomic mass is 35.5. The van der Waals surface area contributed by atoms with E-state index in [9.17, 15) is 8.42 Å². The Balaban J connectivity index is 2.43. The summed E-state index contributed by atoms with van der Waals surface area (Å²) in [5, 5.41) is 0.624. The van der Waals surface area contributed by atoms with Gasteiger partial charge >= 0.3 is 0 Å². The van der Waals surface area contributed by atoms with Gasteiger partial charge in [-0.3, -0.25) is 0 Å². The molecular formula is C13H20ClNO4S. The van der Waals surface area contributed by atoms with Crippen molar-refractivity contribution in [2.45, 2.75) is 19.4 Å². The molecule has 0 aliphatic heterocycles. The lowest BCUT2D eigenvalue weighted by Crippen LogP contribution is -2.29. The maximum atomic E-state index is 11.9. The Hall–Kier alpha value is -0.660. The summed E-state index contributed by atoms with van der Waals surface area (Å²) in [6.45, 7) is 2.32. The van der Waals surface area contributed by atoms with Crippen LogP contribution in [0.1, 0.15) is 24.9 Å². The number of hydrogen-bond donors (Lipinski definition) is 1. The second-order valence-electron chi connectivity index (χ2n) is 4.38. The Morgan fingerprint density at radius 1 is 1.30 bits per heavy atom. The molecule has 0 heterocycles. The van der Waals surface area contributed by atoms with Gasteiger partial charge in [0.25, 0.3) is 0 Å². The van der Waals surface area contributed by atoms with Gasteiger partial charge < -0.3 is 9.47 Å². The summed E-state index contributed by atoms with van der Waals surface area (Å²) in [6, 6.07) is 6.78. The molecule has 0 bridgehead atoms. The van der Waals surface area contributed by atoms with E-state index in [0.717, 1.165) is 5.56 Å². The van der Waals surface area contributed by atoms with Gasteiger partial charge in [-0.1, -0.05) is 23.7 Å². The van der Waals surface area contributed by atoms with E-state index in [1.54, 1.807) is 31.2 Å². The molecule has 1 rings (SSSR count). The fourth-order valence-corrected chi connectivity index (χ4v) is 3.06. The van der Waals surface area contributed by atoms with Crippen LogP contribution in [0, 0.1) is 0 Å². The number of ether oxygens (including phenoxy) is 2. The molecule has 5 nitrogen and oxygen atoms in total. The molecule has 1 unspecified atom stereocenters. The number of nitrogens with one attached hydrogen (secondary N) is 1. The third-order valence-electron chi connectivity index (χ3n) is 2.63. The van der Waals surface area contributed by atoms with E-state index >= 15 is 0 Å². The van der Waals surface area contributed by atoms with E-state index in [1.165, 1.54) is 7.11 Å². The molecule has 0 saturated heterocycles. The second kappa shape index (κ2) is 8.59. The normalized spacial score (nSPS) is 13.3. The Labute approximate surface area is 125 Å². The van der Waals surface area contributed by atoms with Gasteiger partial charge in [0, 0.05) is 18.2 Å². The highest BCUT2D eigenvalue weighted by Crippen LogP contribution is 2.16. The van der Waals surface area contributed by atoms with Crippen molar-refractivity contribution < 1.29 is 17.9 Å². The lowest BCUT2D eigenvalue weighted by Gasteiger charge is -2.14. The fourth-order valence-electron chi connectivity index (χ4n) is 1.64. The lowest BCUT2D eigenvalue weighted by atomic mass is 10.1. The molecular weight excluding hydrogens is 302 g/mol. The summed E-state index contributed by atoms with van der Waals surface area (Å²) >= 11 is 5.80. The quantitative estimate of drug-likeness (QED) is 0.560. The van der Waals surface area contributed by atoms with Gasteiger partial charge in [0.15, 0.2) is 0 Å². The first-order chi connectivity index (χ1) is 9.44.